The van der Waals surface area contributed by atoms with Gasteiger partial charge >= 0.3 is 0 Å². The van der Waals surface area contributed by atoms with E-state index in [0.29, 0.717) is 26.3 Å². The van der Waals surface area contributed by atoms with Crippen molar-refractivity contribution in [3.8, 4) is 0 Å². The fraction of sp³-hybridized carbons (Fsp3) is 0.850. The van der Waals surface area contributed by atoms with Gasteiger partial charge in [-0.15, -0.1) is 0 Å². The highest BCUT2D eigenvalue weighted by Crippen LogP contribution is 2.08. The van der Waals surface area contributed by atoms with Crippen LogP contribution in [0.1, 0.15) is 146 Å². The van der Waals surface area contributed by atoms with E-state index in [0.717, 1.165) is 103 Å². The van der Waals surface area contributed by atoms with Crippen molar-refractivity contribution in [2.75, 3.05) is 194 Å². The van der Waals surface area contributed by atoms with Gasteiger partial charge in [0.2, 0.25) is 29.5 Å². The number of carbonyl (C=O) groups excluding carboxylic acids is 5. The standard InChI is InChI=1S/C8H18N2O.C7H16N2O.C7H13NO.C6H13NO3S.C6H13NO2.C6H11N.C5H11NO2.2C5H9N.C5H11N/c1-9(2)3-4-10-5-7-11-8-6-10;1-7(10)9(4)6-5-8(2)3;1-7(9)8-5-3-2-4-6-8;1-6(8)7(2)4-5-11(3,9)10;1-6(8)7(2)4-5-9-3;1-2-6-4-3-5-7-6;1-5(7)6-3-4-8-2;2*1-5-3-2-4-6-5;1-3-4-5(2)6/h3-8H2,1-2H3;5-6H2,1-4H3;2-6H2,1H3;4-5H2,1-3H3;4-5H2,1-3H3;2-5H2,1H3;3-4H2,1-2H3,(H,6,7);2*2-4H2,1H3;6H,3-4H2,1-2H3. The average molecular weight is 1210 g/mol. The molecule has 490 valence electrons. The summed E-state index contributed by atoms with van der Waals surface area (Å²) in [5.41, 5.74) is 4.86. The van der Waals surface area contributed by atoms with Crippen molar-refractivity contribution in [3.05, 3.63) is 0 Å². The summed E-state index contributed by atoms with van der Waals surface area (Å²) in [5.74, 6) is 0.336. The molecular weight excluding hydrogens is 1080 g/mol. The summed E-state index contributed by atoms with van der Waals surface area (Å²) in [4.78, 5) is 78.6. The van der Waals surface area contributed by atoms with Gasteiger partial charge in [-0.25, -0.2) is 8.42 Å². The van der Waals surface area contributed by atoms with Gasteiger partial charge in [0.25, 0.3) is 0 Å². The zero-order valence-corrected chi connectivity index (χ0v) is 57.2. The van der Waals surface area contributed by atoms with Crippen LogP contribution in [0.4, 0.5) is 0 Å². The molecule has 2 saturated heterocycles. The Bertz CT molecular complexity index is 1840. The molecule has 5 heterocycles. The molecule has 5 amide bonds. The Balaban J connectivity index is -0.000000273. The normalized spacial score (nSPS) is 14.8. The third kappa shape index (κ3) is 71.9. The van der Waals surface area contributed by atoms with Crippen molar-refractivity contribution in [2.45, 2.75) is 146 Å². The highest BCUT2D eigenvalue weighted by Gasteiger charge is 2.12. The molecule has 5 aliphatic rings. The molecule has 0 bridgehead atoms. The van der Waals surface area contributed by atoms with E-state index < -0.39 is 9.84 Å². The lowest BCUT2D eigenvalue weighted by atomic mass is 10.1. The van der Waals surface area contributed by atoms with Gasteiger partial charge in [-0.05, 0) is 120 Å². The largest absolute Gasteiger partial charge is 0.383 e. The van der Waals surface area contributed by atoms with Crippen molar-refractivity contribution >= 4 is 62.2 Å². The summed E-state index contributed by atoms with van der Waals surface area (Å²) >= 11 is 0. The molecule has 2 fully saturated rings. The number of carbonyl (C=O) groups is 5. The van der Waals surface area contributed by atoms with E-state index in [9.17, 15) is 32.4 Å². The van der Waals surface area contributed by atoms with Crippen LogP contribution in [-0.2, 0) is 48.0 Å². The number of hydrogen-bond donors (Lipinski definition) is 2. The van der Waals surface area contributed by atoms with Gasteiger partial charge < -0.3 is 54.3 Å². The van der Waals surface area contributed by atoms with Crippen LogP contribution in [0, 0.1) is 5.41 Å². The molecule has 0 saturated carbocycles. The number of nitrogens with zero attached hydrogens (tertiary/aromatic N) is 10. The van der Waals surface area contributed by atoms with E-state index in [1.54, 1.807) is 52.0 Å². The van der Waals surface area contributed by atoms with E-state index in [1.807, 2.05) is 33.0 Å². The third-order valence-corrected chi connectivity index (χ3v) is 13.4. The van der Waals surface area contributed by atoms with Gasteiger partial charge in [-0.3, -0.25) is 43.8 Å². The summed E-state index contributed by atoms with van der Waals surface area (Å²) in [6.45, 7) is 33.9. The van der Waals surface area contributed by atoms with E-state index in [-0.39, 0.29) is 41.8 Å². The average Bonchev–Trinajstić information content (AvgIpc) is 4.27. The quantitative estimate of drug-likeness (QED) is 0.114. The number of nitrogens with one attached hydrogen (secondary N) is 2. The molecular formula is C60H124N12O10S. The second-order valence-electron chi connectivity index (χ2n) is 21.4. The molecule has 0 aromatic carbocycles. The van der Waals surface area contributed by atoms with Crippen LogP contribution >= 0.6 is 0 Å². The van der Waals surface area contributed by atoms with E-state index in [2.05, 4.69) is 81.5 Å². The van der Waals surface area contributed by atoms with Crippen LogP contribution < -0.4 is 5.32 Å². The number of ether oxygens (including phenoxy) is 3. The predicted molar refractivity (Wildman–Crippen MR) is 347 cm³/mol. The molecule has 0 unspecified atom stereocenters. The molecule has 83 heavy (non-hydrogen) atoms. The SMILES string of the molecule is CC(=O)N(C)CCN(C)C.CC(=O)N(C)CCS(C)(=O)=O.CC(=O)N1CCCCC1.CC1=NCCC1.CC1=NCCC1.CCC1=NCCC1.CCCC(C)=N.CN(C)CCN1CCOCC1.COCCN(C)C(C)=O.COCCNC(C)=O. The van der Waals surface area contributed by atoms with Crippen molar-refractivity contribution in [1.29, 1.82) is 5.41 Å². The Morgan fingerprint density at radius 3 is 1.36 bits per heavy atom. The van der Waals surface area contributed by atoms with Crippen LogP contribution in [0.5, 0.6) is 0 Å². The first-order chi connectivity index (χ1) is 38.9. The van der Waals surface area contributed by atoms with Crippen molar-refractivity contribution in [3.63, 3.8) is 0 Å². The van der Waals surface area contributed by atoms with Gasteiger partial charge in [0.05, 0.1) is 32.2 Å². The number of piperidine rings is 1. The summed E-state index contributed by atoms with van der Waals surface area (Å²) < 4.78 is 35.9. The molecule has 0 spiro atoms. The summed E-state index contributed by atoms with van der Waals surface area (Å²) in [6.07, 6.45) is 15.7. The number of likely N-dealkylation sites (N-methyl/N-ethyl adjacent to an activating group) is 4. The highest BCUT2D eigenvalue weighted by molar-refractivity contribution is 7.90. The highest BCUT2D eigenvalue weighted by atomic mass is 32.2. The summed E-state index contributed by atoms with van der Waals surface area (Å²) in [7, 11) is 13.6. The minimum atomic E-state index is -2.95. The minimum Gasteiger partial charge on any atom is -0.383 e. The zero-order valence-electron chi connectivity index (χ0n) is 56.4. The molecule has 0 aliphatic carbocycles. The number of aliphatic imine (C=N–C) groups is 3. The molecule has 0 aromatic heterocycles. The second kappa shape index (κ2) is 59.5. The topological polar surface area (TPSA) is 243 Å². The minimum absolute atomic E-state index is 0.0120. The molecule has 0 atom stereocenters. The number of methoxy groups -OCH3 is 2. The van der Waals surface area contributed by atoms with E-state index in [1.165, 1.54) is 114 Å². The zero-order chi connectivity index (χ0) is 64.6. The Kier molecular flexibility index (Phi) is 62.7. The van der Waals surface area contributed by atoms with Crippen LogP contribution in [-0.4, -0.2) is 289 Å². The fourth-order valence-electron chi connectivity index (χ4n) is 6.69. The molecule has 5 rings (SSSR count). The van der Waals surface area contributed by atoms with Crippen molar-refractivity contribution in [2.24, 2.45) is 15.0 Å². The molecule has 0 radical (unpaired) electrons. The van der Waals surface area contributed by atoms with Crippen LogP contribution in [0.25, 0.3) is 0 Å². The van der Waals surface area contributed by atoms with Crippen molar-refractivity contribution < 1.29 is 46.6 Å². The molecule has 0 aromatic rings. The first-order valence-corrected chi connectivity index (χ1v) is 31.9. The Hall–Kier alpha value is -4.26. The van der Waals surface area contributed by atoms with Crippen molar-refractivity contribution in [1.82, 2.24) is 39.6 Å². The smallest absolute Gasteiger partial charge is 0.219 e. The predicted octanol–water partition coefficient (Wildman–Crippen LogP) is 6.25. The molecule has 23 heteroatoms. The molecule has 5 aliphatic heterocycles. The lowest BCUT2D eigenvalue weighted by molar-refractivity contribution is -0.130. The number of amides is 5. The van der Waals surface area contributed by atoms with Crippen LogP contribution in [0.15, 0.2) is 15.0 Å². The number of likely N-dealkylation sites (tertiary alicyclic amines) is 1. The summed E-state index contributed by atoms with van der Waals surface area (Å²) in [6, 6.07) is 0. The monoisotopic (exact) mass is 1200 g/mol. The fourth-order valence-corrected chi connectivity index (χ4v) is 7.29. The Morgan fingerprint density at radius 1 is 0.614 bits per heavy atom. The molecule has 2 N–H and O–H groups in total. The maximum Gasteiger partial charge on any atom is 0.219 e. The molecule has 22 nitrogen and oxygen atoms in total. The van der Waals surface area contributed by atoms with Crippen LogP contribution in [0.3, 0.4) is 0 Å². The van der Waals surface area contributed by atoms with Gasteiger partial charge in [-0.2, -0.15) is 0 Å². The van der Waals surface area contributed by atoms with Crippen LogP contribution in [0.2, 0.25) is 0 Å². The van der Waals surface area contributed by atoms with Gasteiger partial charge in [0.15, 0.2) is 0 Å². The number of sulfone groups is 1. The Morgan fingerprint density at radius 2 is 1.07 bits per heavy atom. The number of hydrogen-bond acceptors (Lipinski definition) is 17. The first kappa shape index (κ1) is 87.5. The third-order valence-electron chi connectivity index (χ3n) is 12.5. The Labute approximate surface area is 506 Å². The van der Waals surface area contributed by atoms with Gasteiger partial charge in [-0.1, -0.05) is 20.3 Å². The first-order valence-electron chi connectivity index (χ1n) is 29.9. The number of morpholine rings is 1. The second-order valence-corrected chi connectivity index (χ2v) is 23.7. The van der Waals surface area contributed by atoms with E-state index in [4.69, 9.17) is 14.9 Å². The maximum absolute atomic E-state index is 10.7. The van der Waals surface area contributed by atoms with E-state index >= 15 is 0 Å². The van der Waals surface area contributed by atoms with Gasteiger partial charge in [0.1, 0.15) is 9.84 Å². The lowest BCUT2D eigenvalue weighted by Crippen LogP contribution is -2.40. The number of rotatable bonds is 18. The maximum atomic E-state index is 10.7. The van der Waals surface area contributed by atoms with Gasteiger partial charge in [0, 0.05) is 191 Å². The lowest BCUT2D eigenvalue weighted by Gasteiger charge is -2.27. The summed E-state index contributed by atoms with van der Waals surface area (Å²) in [5, 5.41) is 9.48.